The van der Waals surface area contributed by atoms with Gasteiger partial charge in [-0.3, -0.25) is 4.79 Å². The minimum absolute atomic E-state index is 0.114. The fourth-order valence-corrected chi connectivity index (χ4v) is 4.95. The lowest BCUT2D eigenvalue weighted by Gasteiger charge is -2.39. The van der Waals surface area contributed by atoms with E-state index >= 15 is 0 Å². The van der Waals surface area contributed by atoms with Crippen molar-refractivity contribution in [1.29, 1.82) is 0 Å². The average Bonchev–Trinajstić information content (AvgIpc) is 2.99. The third-order valence-electron chi connectivity index (χ3n) is 7.68. The standard InChI is InChI=1S/C33H62O9/c1-3-5-7-9-10-11-12-13-14-15-16-17-19-21-23-39-25-27(41-29(35)22-20-18-8-6-4-2)26-40-33-32(38)31(37)30(36)28(24-34)42-33/h11-12,27-28,30-34,36-38H,3-10,13-26H2,1-2H3/b12-11-. The van der Waals surface area contributed by atoms with E-state index in [0.29, 0.717) is 13.0 Å². The molecule has 0 radical (unpaired) electrons. The number of hydrogen-bond donors (Lipinski definition) is 4. The summed E-state index contributed by atoms with van der Waals surface area (Å²) >= 11 is 0. The van der Waals surface area contributed by atoms with Crippen LogP contribution in [0.4, 0.5) is 0 Å². The number of hydrogen-bond acceptors (Lipinski definition) is 9. The molecule has 0 saturated carbocycles. The maximum absolute atomic E-state index is 12.4. The Morgan fingerprint density at radius 3 is 1.95 bits per heavy atom. The Morgan fingerprint density at radius 1 is 0.738 bits per heavy atom. The predicted octanol–water partition coefficient (Wildman–Crippen LogP) is 5.35. The molecule has 0 aliphatic carbocycles. The Balaban J connectivity index is 2.31. The third kappa shape index (κ3) is 18.6. The van der Waals surface area contributed by atoms with Crippen LogP contribution in [0.2, 0.25) is 0 Å². The highest BCUT2D eigenvalue weighted by molar-refractivity contribution is 5.69. The van der Waals surface area contributed by atoms with Crippen LogP contribution in [0, 0.1) is 0 Å². The summed E-state index contributed by atoms with van der Waals surface area (Å²) < 4.78 is 22.5. The van der Waals surface area contributed by atoms with Crippen LogP contribution in [0.15, 0.2) is 12.2 Å². The summed E-state index contributed by atoms with van der Waals surface area (Å²) in [5.41, 5.74) is 0. The van der Waals surface area contributed by atoms with Crippen molar-refractivity contribution in [2.45, 2.75) is 166 Å². The van der Waals surface area contributed by atoms with Crippen LogP contribution in [-0.2, 0) is 23.7 Å². The number of aliphatic hydroxyl groups excluding tert-OH is 4. The van der Waals surface area contributed by atoms with Gasteiger partial charge in [0.15, 0.2) is 6.29 Å². The molecular weight excluding hydrogens is 540 g/mol. The summed E-state index contributed by atoms with van der Waals surface area (Å²) in [5.74, 6) is -0.330. The van der Waals surface area contributed by atoms with Gasteiger partial charge in [-0.25, -0.2) is 0 Å². The molecule has 6 unspecified atom stereocenters. The highest BCUT2D eigenvalue weighted by atomic mass is 16.7. The van der Waals surface area contributed by atoms with Crippen LogP contribution >= 0.6 is 0 Å². The molecule has 4 N–H and O–H groups in total. The van der Waals surface area contributed by atoms with Gasteiger partial charge in [0.05, 0.1) is 19.8 Å². The number of rotatable bonds is 27. The molecule has 9 nitrogen and oxygen atoms in total. The highest BCUT2D eigenvalue weighted by Gasteiger charge is 2.44. The number of carbonyl (C=O) groups is 1. The Hall–Kier alpha value is -1.07. The van der Waals surface area contributed by atoms with Crippen LogP contribution < -0.4 is 0 Å². The molecule has 42 heavy (non-hydrogen) atoms. The van der Waals surface area contributed by atoms with E-state index in [1.54, 1.807) is 0 Å². The lowest BCUT2D eigenvalue weighted by atomic mass is 9.99. The topological polar surface area (TPSA) is 135 Å². The fraction of sp³-hybridized carbons (Fsp3) is 0.909. The molecule has 1 aliphatic rings. The lowest BCUT2D eigenvalue weighted by molar-refractivity contribution is -0.305. The van der Waals surface area contributed by atoms with E-state index in [9.17, 15) is 25.2 Å². The van der Waals surface area contributed by atoms with Crippen LogP contribution in [0.5, 0.6) is 0 Å². The molecule has 6 atom stereocenters. The molecule has 0 aromatic heterocycles. The first-order chi connectivity index (χ1) is 20.4. The first-order valence-electron chi connectivity index (χ1n) is 16.8. The van der Waals surface area contributed by atoms with Crippen LogP contribution in [0.3, 0.4) is 0 Å². The molecule has 1 aliphatic heterocycles. The monoisotopic (exact) mass is 602 g/mol. The second-order valence-corrected chi connectivity index (χ2v) is 11.6. The maximum atomic E-state index is 12.4. The van der Waals surface area contributed by atoms with Gasteiger partial charge in [-0.05, 0) is 38.5 Å². The van der Waals surface area contributed by atoms with E-state index in [0.717, 1.165) is 44.9 Å². The predicted molar refractivity (Wildman–Crippen MR) is 164 cm³/mol. The van der Waals surface area contributed by atoms with Crippen molar-refractivity contribution in [3.63, 3.8) is 0 Å². The van der Waals surface area contributed by atoms with E-state index in [1.807, 2.05) is 0 Å². The largest absolute Gasteiger partial charge is 0.457 e. The van der Waals surface area contributed by atoms with Gasteiger partial charge >= 0.3 is 5.97 Å². The molecule has 0 spiro atoms. The second-order valence-electron chi connectivity index (χ2n) is 11.6. The highest BCUT2D eigenvalue weighted by Crippen LogP contribution is 2.22. The number of ether oxygens (including phenoxy) is 4. The van der Waals surface area contributed by atoms with Gasteiger partial charge in [0.1, 0.15) is 30.5 Å². The third-order valence-corrected chi connectivity index (χ3v) is 7.68. The van der Waals surface area contributed by atoms with Crippen molar-refractivity contribution in [2.24, 2.45) is 0 Å². The Kier molecular flexibility index (Phi) is 24.4. The van der Waals surface area contributed by atoms with E-state index in [2.05, 4.69) is 26.0 Å². The van der Waals surface area contributed by atoms with Gasteiger partial charge in [0.25, 0.3) is 0 Å². The van der Waals surface area contributed by atoms with Crippen molar-refractivity contribution in [2.75, 3.05) is 26.4 Å². The lowest BCUT2D eigenvalue weighted by Crippen LogP contribution is -2.59. The quantitative estimate of drug-likeness (QED) is 0.0557. The Labute approximate surface area is 255 Å². The summed E-state index contributed by atoms with van der Waals surface area (Å²) in [6.07, 6.45) is 17.0. The number of carbonyl (C=O) groups excluding carboxylic acids is 1. The van der Waals surface area contributed by atoms with E-state index in [-0.39, 0.29) is 19.2 Å². The van der Waals surface area contributed by atoms with Crippen LogP contribution in [0.1, 0.15) is 129 Å². The van der Waals surface area contributed by atoms with E-state index < -0.39 is 43.4 Å². The number of allylic oxidation sites excluding steroid dienone is 2. The molecule has 1 saturated heterocycles. The molecule has 248 valence electrons. The van der Waals surface area contributed by atoms with Gasteiger partial charge in [-0.2, -0.15) is 0 Å². The zero-order chi connectivity index (χ0) is 30.8. The first-order valence-corrected chi connectivity index (χ1v) is 16.8. The molecule has 1 rings (SSSR count). The number of unbranched alkanes of at least 4 members (excludes halogenated alkanes) is 14. The second kappa shape index (κ2) is 26.3. The summed E-state index contributed by atoms with van der Waals surface area (Å²) in [7, 11) is 0. The normalized spacial score (nSPS) is 23.4. The number of esters is 1. The average molecular weight is 603 g/mol. The summed E-state index contributed by atoms with van der Waals surface area (Å²) in [6.45, 7) is 4.42. The summed E-state index contributed by atoms with van der Waals surface area (Å²) in [6, 6.07) is 0. The molecule has 1 fully saturated rings. The summed E-state index contributed by atoms with van der Waals surface area (Å²) in [5, 5.41) is 39.6. The fourth-order valence-electron chi connectivity index (χ4n) is 4.95. The van der Waals surface area contributed by atoms with E-state index in [1.165, 1.54) is 64.2 Å². The SMILES string of the molecule is CCCCCC/C=C\CCCCCCCCOCC(COC1OC(CO)C(O)C(O)C1O)OC(=O)CCCCCCC. The Morgan fingerprint density at radius 2 is 1.31 bits per heavy atom. The Bertz CT molecular complexity index is 657. The van der Waals surface area contributed by atoms with Crippen molar-refractivity contribution in [3.05, 3.63) is 12.2 Å². The van der Waals surface area contributed by atoms with Gasteiger partial charge in [0, 0.05) is 13.0 Å². The zero-order valence-corrected chi connectivity index (χ0v) is 26.5. The van der Waals surface area contributed by atoms with Crippen molar-refractivity contribution in [1.82, 2.24) is 0 Å². The molecular formula is C33H62O9. The van der Waals surface area contributed by atoms with Crippen molar-refractivity contribution < 1.29 is 44.2 Å². The van der Waals surface area contributed by atoms with Crippen LogP contribution in [-0.4, -0.2) is 89.6 Å². The van der Waals surface area contributed by atoms with Gasteiger partial charge in [-0.1, -0.05) is 96.6 Å². The molecule has 1 heterocycles. The van der Waals surface area contributed by atoms with Gasteiger partial charge in [0.2, 0.25) is 0 Å². The molecule has 0 bridgehead atoms. The molecule has 0 amide bonds. The first kappa shape index (κ1) is 39.0. The van der Waals surface area contributed by atoms with Crippen LogP contribution in [0.25, 0.3) is 0 Å². The smallest absolute Gasteiger partial charge is 0.306 e. The molecule has 9 heteroatoms. The van der Waals surface area contributed by atoms with Crippen molar-refractivity contribution in [3.8, 4) is 0 Å². The van der Waals surface area contributed by atoms with Gasteiger partial charge < -0.3 is 39.4 Å². The molecule has 0 aromatic rings. The maximum Gasteiger partial charge on any atom is 0.306 e. The summed E-state index contributed by atoms with van der Waals surface area (Å²) in [4.78, 5) is 12.4. The van der Waals surface area contributed by atoms with Gasteiger partial charge in [-0.15, -0.1) is 0 Å². The molecule has 0 aromatic carbocycles. The zero-order valence-electron chi connectivity index (χ0n) is 26.5. The van der Waals surface area contributed by atoms with E-state index in [4.69, 9.17) is 18.9 Å². The minimum atomic E-state index is -1.53. The minimum Gasteiger partial charge on any atom is -0.457 e. The van der Waals surface area contributed by atoms with Crippen molar-refractivity contribution >= 4 is 5.97 Å². The number of aliphatic hydroxyl groups is 4.